The molecule has 1 fully saturated rings. The van der Waals surface area contributed by atoms with E-state index in [2.05, 4.69) is 10.1 Å². The second-order valence-electron chi connectivity index (χ2n) is 7.78. The number of carbonyl (C=O) groups is 1. The van der Waals surface area contributed by atoms with Crippen LogP contribution in [0.15, 0.2) is 53.1 Å². The Morgan fingerprint density at radius 1 is 1.21 bits per heavy atom. The van der Waals surface area contributed by atoms with Crippen LogP contribution < -0.4 is 4.74 Å². The first-order chi connectivity index (χ1) is 14.0. The molecule has 2 heterocycles. The third kappa shape index (κ3) is 4.31. The molecule has 0 bridgehead atoms. The number of hydrogen-bond donors (Lipinski definition) is 0. The molecule has 1 aliphatic rings. The maximum atomic E-state index is 12.7. The SMILES string of the molecule is Cc1cccc(C(=O)N2CCC(Oc3ccc(-c4noc(C(C)C)n4)cc3)C2)c1. The summed E-state index contributed by atoms with van der Waals surface area (Å²) in [5.74, 6) is 2.25. The quantitative estimate of drug-likeness (QED) is 0.642. The first-order valence-corrected chi connectivity index (χ1v) is 9.96. The maximum absolute atomic E-state index is 12.7. The molecule has 0 N–H and O–H groups in total. The van der Waals surface area contributed by atoms with E-state index in [0.29, 0.717) is 24.8 Å². The Kier molecular flexibility index (Phi) is 5.34. The van der Waals surface area contributed by atoms with Crippen LogP contribution in [0.5, 0.6) is 5.75 Å². The number of aryl methyl sites for hydroxylation is 1. The molecule has 2 aromatic carbocycles. The molecule has 1 aromatic heterocycles. The summed E-state index contributed by atoms with van der Waals surface area (Å²) in [6.45, 7) is 7.33. The summed E-state index contributed by atoms with van der Waals surface area (Å²) in [6.07, 6.45) is 0.814. The van der Waals surface area contributed by atoms with Gasteiger partial charge in [0.25, 0.3) is 5.91 Å². The Morgan fingerprint density at radius 3 is 2.69 bits per heavy atom. The van der Waals surface area contributed by atoms with Gasteiger partial charge in [0.15, 0.2) is 0 Å². The molecule has 150 valence electrons. The zero-order valence-corrected chi connectivity index (χ0v) is 17.0. The highest BCUT2D eigenvalue weighted by atomic mass is 16.5. The van der Waals surface area contributed by atoms with Crippen LogP contribution in [0, 0.1) is 6.92 Å². The maximum Gasteiger partial charge on any atom is 0.253 e. The Hall–Kier alpha value is -3.15. The summed E-state index contributed by atoms with van der Waals surface area (Å²) in [5, 5.41) is 4.03. The second-order valence-corrected chi connectivity index (χ2v) is 7.78. The molecule has 29 heavy (non-hydrogen) atoms. The van der Waals surface area contributed by atoms with Crippen molar-refractivity contribution >= 4 is 5.91 Å². The van der Waals surface area contributed by atoms with Crippen molar-refractivity contribution in [3.05, 3.63) is 65.5 Å². The molecule has 1 saturated heterocycles. The molecule has 1 atom stereocenters. The lowest BCUT2D eigenvalue weighted by molar-refractivity contribution is 0.0772. The summed E-state index contributed by atoms with van der Waals surface area (Å²) in [4.78, 5) is 19.0. The van der Waals surface area contributed by atoms with Gasteiger partial charge in [-0.1, -0.05) is 36.7 Å². The Labute approximate surface area is 170 Å². The predicted octanol–water partition coefficient (Wildman–Crippen LogP) is 4.46. The van der Waals surface area contributed by atoms with E-state index in [4.69, 9.17) is 9.26 Å². The van der Waals surface area contributed by atoms with Gasteiger partial charge < -0.3 is 14.2 Å². The number of hydrogen-bond acceptors (Lipinski definition) is 5. The molecule has 1 amide bonds. The number of rotatable bonds is 5. The molecule has 0 radical (unpaired) electrons. The van der Waals surface area contributed by atoms with Gasteiger partial charge in [-0.15, -0.1) is 0 Å². The summed E-state index contributed by atoms with van der Waals surface area (Å²) >= 11 is 0. The van der Waals surface area contributed by atoms with E-state index in [0.717, 1.165) is 28.9 Å². The zero-order chi connectivity index (χ0) is 20.4. The minimum atomic E-state index is -0.00710. The summed E-state index contributed by atoms with van der Waals surface area (Å²) in [6, 6.07) is 15.4. The molecule has 0 spiro atoms. The standard InChI is InChI=1S/C23H25N3O3/c1-15(2)22-24-21(25-29-22)17-7-9-19(10-8-17)28-20-11-12-26(14-20)23(27)18-6-4-5-16(3)13-18/h4-10,13,15,20H,11-12,14H2,1-3H3. The van der Waals surface area contributed by atoms with Gasteiger partial charge in [0.1, 0.15) is 11.9 Å². The van der Waals surface area contributed by atoms with E-state index in [1.807, 2.05) is 74.2 Å². The zero-order valence-electron chi connectivity index (χ0n) is 17.0. The van der Waals surface area contributed by atoms with Crippen LogP contribution in [0.2, 0.25) is 0 Å². The second kappa shape index (κ2) is 8.07. The normalized spacial score (nSPS) is 16.4. The van der Waals surface area contributed by atoms with E-state index >= 15 is 0 Å². The van der Waals surface area contributed by atoms with E-state index in [9.17, 15) is 4.79 Å². The first-order valence-electron chi connectivity index (χ1n) is 9.96. The number of amides is 1. The highest BCUT2D eigenvalue weighted by Crippen LogP contribution is 2.24. The van der Waals surface area contributed by atoms with Crippen molar-refractivity contribution in [3.63, 3.8) is 0 Å². The van der Waals surface area contributed by atoms with E-state index < -0.39 is 0 Å². The molecular formula is C23H25N3O3. The van der Waals surface area contributed by atoms with Crippen LogP contribution in [-0.4, -0.2) is 40.1 Å². The molecule has 1 aliphatic heterocycles. The van der Waals surface area contributed by atoms with Gasteiger partial charge in [-0.3, -0.25) is 4.79 Å². The van der Waals surface area contributed by atoms with Crippen LogP contribution >= 0.6 is 0 Å². The van der Waals surface area contributed by atoms with Crippen molar-refractivity contribution in [2.24, 2.45) is 0 Å². The Bertz CT molecular complexity index is 995. The lowest BCUT2D eigenvalue weighted by Gasteiger charge is -2.17. The summed E-state index contributed by atoms with van der Waals surface area (Å²) < 4.78 is 11.4. The molecule has 1 unspecified atom stereocenters. The molecule has 4 rings (SSSR count). The van der Waals surface area contributed by atoms with E-state index in [-0.39, 0.29) is 17.9 Å². The van der Waals surface area contributed by atoms with Crippen LogP contribution in [0.25, 0.3) is 11.4 Å². The van der Waals surface area contributed by atoms with Gasteiger partial charge in [-0.2, -0.15) is 4.98 Å². The van der Waals surface area contributed by atoms with Crippen LogP contribution in [0.4, 0.5) is 0 Å². The van der Waals surface area contributed by atoms with Gasteiger partial charge in [-0.05, 0) is 43.3 Å². The highest BCUT2D eigenvalue weighted by molar-refractivity contribution is 5.94. The minimum absolute atomic E-state index is 0.00710. The topological polar surface area (TPSA) is 68.5 Å². The number of aromatic nitrogens is 2. The number of likely N-dealkylation sites (tertiary alicyclic amines) is 1. The van der Waals surface area contributed by atoms with Crippen molar-refractivity contribution in [1.82, 2.24) is 15.0 Å². The highest BCUT2D eigenvalue weighted by Gasteiger charge is 2.28. The number of benzene rings is 2. The molecular weight excluding hydrogens is 366 g/mol. The monoisotopic (exact) mass is 391 g/mol. The van der Waals surface area contributed by atoms with Gasteiger partial charge in [0.2, 0.25) is 11.7 Å². The van der Waals surface area contributed by atoms with Crippen LogP contribution in [-0.2, 0) is 0 Å². The average Bonchev–Trinajstić information content (AvgIpc) is 3.38. The smallest absolute Gasteiger partial charge is 0.253 e. The molecule has 6 nitrogen and oxygen atoms in total. The summed E-state index contributed by atoms with van der Waals surface area (Å²) in [5.41, 5.74) is 2.71. The van der Waals surface area contributed by atoms with Gasteiger partial charge in [0, 0.05) is 30.0 Å². The van der Waals surface area contributed by atoms with Crippen molar-refractivity contribution in [2.75, 3.05) is 13.1 Å². The Morgan fingerprint density at radius 2 is 2.00 bits per heavy atom. The van der Waals surface area contributed by atoms with Gasteiger partial charge in [-0.25, -0.2) is 0 Å². The largest absolute Gasteiger partial charge is 0.489 e. The number of ether oxygens (including phenoxy) is 1. The lowest BCUT2D eigenvalue weighted by atomic mass is 10.1. The van der Waals surface area contributed by atoms with E-state index in [1.165, 1.54) is 0 Å². The van der Waals surface area contributed by atoms with Crippen LogP contribution in [0.3, 0.4) is 0 Å². The van der Waals surface area contributed by atoms with Crippen molar-refractivity contribution in [3.8, 4) is 17.1 Å². The van der Waals surface area contributed by atoms with Gasteiger partial charge >= 0.3 is 0 Å². The van der Waals surface area contributed by atoms with Crippen molar-refractivity contribution < 1.29 is 14.1 Å². The average molecular weight is 391 g/mol. The fourth-order valence-corrected chi connectivity index (χ4v) is 3.43. The van der Waals surface area contributed by atoms with Crippen molar-refractivity contribution in [2.45, 2.75) is 39.2 Å². The minimum Gasteiger partial charge on any atom is -0.489 e. The first kappa shape index (κ1) is 19.2. The van der Waals surface area contributed by atoms with E-state index in [1.54, 1.807) is 0 Å². The third-order valence-corrected chi connectivity index (χ3v) is 5.05. The molecule has 3 aromatic rings. The van der Waals surface area contributed by atoms with Gasteiger partial charge in [0.05, 0.1) is 6.54 Å². The number of nitrogens with zero attached hydrogens (tertiary/aromatic N) is 3. The molecule has 0 saturated carbocycles. The third-order valence-electron chi connectivity index (χ3n) is 5.05. The fraction of sp³-hybridized carbons (Fsp3) is 0.348. The molecule has 0 aliphatic carbocycles. The summed E-state index contributed by atoms with van der Waals surface area (Å²) in [7, 11) is 0. The molecule has 6 heteroatoms. The van der Waals surface area contributed by atoms with Crippen LogP contribution in [0.1, 0.15) is 48.0 Å². The predicted molar refractivity (Wildman–Crippen MR) is 110 cm³/mol. The number of carbonyl (C=O) groups excluding carboxylic acids is 1. The lowest BCUT2D eigenvalue weighted by Crippen LogP contribution is -2.30. The van der Waals surface area contributed by atoms with Crippen molar-refractivity contribution in [1.29, 1.82) is 0 Å². The fourth-order valence-electron chi connectivity index (χ4n) is 3.43. The Balaban J connectivity index is 1.37.